The molecular weight excluding hydrogens is 220 g/mol. The van der Waals surface area contributed by atoms with E-state index in [0.717, 1.165) is 24.8 Å². The fraction of sp³-hybridized carbons (Fsp3) is 0.667. The molecule has 0 aromatic carbocycles. The molecule has 96 valence electrons. The molecule has 0 aromatic heterocycles. The van der Waals surface area contributed by atoms with Gasteiger partial charge in [-0.3, -0.25) is 0 Å². The van der Waals surface area contributed by atoms with E-state index in [4.69, 9.17) is 5.11 Å². The molecule has 1 unspecified atom stereocenters. The molecule has 0 aromatic rings. The van der Waals surface area contributed by atoms with Crippen LogP contribution >= 0.6 is 0 Å². The Morgan fingerprint density at radius 1 is 1.41 bits per heavy atom. The van der Waals surface area contributed by atoms with Gasteiger partial charge in [0.15, 0.2) is 0 Å². The highest BCUT2D eigenvalue weighted by molar-refractivity contribution is 5.82. The van der Waals surface area contributed by atoms with Gasteiger partial charge in [0.2, 0.25) is 0 Å². The molecule has 1 saturated heterocycles. The summed E-state index contributed by atoms with van der Waals surface area (Å²) in [5, 5.41) is 11.8. The minimum absolute atomic E-state index is 0.303. The number of aliphatic carboxylic acids is 1. The van der Waals surface area contributed by atoms with Crippen molar-refractivity contribution >= 4 is 12.0 Å². The molecule has 0 radical (unpaired) electrons. The normalized spacial score (nSPS) is 20.5. The molecule has 1 aliphatic heterocycles. The fourth-order valence-electron chi connectivity index (χ4n) is 1.94. The van der Waals surface area contributed by atoms with E-state index in [9.17, 15) is 9.59 Å². The monoisotopic (exact) mass is 240 g/mol. The van der Waals surface area contributed by atoms with Crippen LogP contribution in [0.5, 0.6) is 0 Å². The maximum Gasteiger partial charge on any atom is 0.326 e. The summed E-state index contributed by atoms with van der Waals surface area (Å²) in [6, 6.07) is -0.995. The molecule has 1 fully saturated rings. The number of urea groups is 1. The lowest BCUT2D eigenvalue weighted by Crippen LogP contribution is -2.49. The second-order valence-corrected chi connectivity index (χ2v) is 4.51. The molecule has 2 N–H and O–H groups in total. The number of carbonyl (C=O) groups is 2. The van der Waals surface area contributed by atoms with Crippen molar-refractivity contribution in [2.75, 3.05) is 13.1 Å². The number of rotatable bonds is 3. The highest BCUT2D eigenvalue weighted by Crippen LogP contribution is 2.17. The molecule has 5 nitrogen and oxygen atoms in total. The van der Waals surface area contributed by atoms with Crippen molar-refractivity contribution in [1.82, 2.24) is 10.2 Å². The zero-order valence-corrected chi connectivity index (χ0v) is 10.2. The van der Waals surface area contributed by atoms with Crippen molar-refractivity contribution in [2.24, 2.45) is 0 Å². The molecule has 0 spiro atoms. The minimum Gasteiger partial charge on any atom is -0.480 e. The Bertz CT molecular complexity index is 315. The van der Waals surface area contributed by atoms with Gasteiger partial charge >= 0.3 is 12.0 Å². The number of carboxylic acids is 1. The highest BCUT2D eigenvalue weighted by Gasteiger charge is 2.30. The molecule has 5 heteroatoms. The van der Waals surface area contributed by atoms with Crippen molar-refractivity contribution in [3.63, 3.8) is 0 Å². The lowest BCUT2D eigenvalue weighted by molar-refractivity contribution is -0.142. The first-order chi connectivity index (χ1) is 8.02. The van der Waals surface area contributed by atoms with Crippen LogP contribution in [0, 0.1) is 0 Å². The average Bonchev–Trinajstić information content (AvgIpc) is 2.50. The Kier molecular flexibility index (Phi) is 5.00. The molecule has 1 rings (SSSR count). The second kappa shape index (κ2) is 6.27. The van der Waals surface area contributed by atoms with E-state index >= 15 is 0 Å². The Hall–Kier alpha value is -1.52. The van der Waals surface area contributed by atoms with Crippen molar-refractivity contribution < 1.29 is 14.7 Å². The highest BCUT2D eigenvalue weighted by atomic mass is 16.4. The van der Waals surface area contributed by atoms with Gasteiger partial charge in [0.25, 0.3) is 0 Å². The molecule has 1 heterocycles. The predicted octanol–water partition coefficient (Wildman–Crippen LogP) is 1.60. The third-order valence-corrected chi connectivity index (χ3v) is 2.84. The number of carbonyl (C=O) groups excluding carboxylic acids is 1. The Labute approximate surface area is 101 Å². The topological polar surface area (TPSA) is 69.6 Å². The van der Waals surface area contributed by atoms with E-state index < -0.39 is 12.0 Å². The maximum absolute atomic E-state index is 11.9. The van der Waals surface area contributed by atoms with Crippen LogP contribution in [0.3, 0.4) is 0 Å². The summed E-state index contributed by atoms with van der Waals surface area (Å²) < 4.78 is 0. The lowest BCUT2D eigenvalue weighted by atomic mass is 10.1. The first-order valence-corrected chi connectivity index (χ1v) is 5.94. The molecule has 17 heavy (non-hydrogen) atoms. The van der Waals surface area contributed by atoms with E-state index in [0.29, 0.717) is 19.5 Å². The fourth-order valence-corrected chi connectivity index (χ4v) is 1.94. The van der Waals surface area contributed by atoms with Crippen molar-refractivity contribution in [1.29, 1.82) is 0 Å². The molecule has 2 amide bonds. The summed E-state index contributed by atoms with van der Waals surface area (Å²) in [5.74, 6) is -0.919. The Morgan fingerprint density at radius 2 is 2.12 bits per heavy atom. The largest absolute Gasteiger partial charge is 0.480 e. The number of nitrogens with zero attached hydrogens (tertiary/aromatic N) is 1. The van der Waals surface area contributed by atoms with Crippen LogP contribution in [0.2, 0.25) is 0 Å². The van der Waals surface area contributed by atoms with Gasteiger partial charge in [0.05, 0.1) is 0 Å². The number of hydrogen-bond acceptors (Lipinski definition) is 2. The number of amides is 2. The van der Waals surface area contributed by atoms with Gasteiger partial charge in [-0.05, 0) is 19.8 Å². The van der Waals surface area contributed by atoms with Crippen LogP contribution in [0.1, 0.15) is 32.6 Å². The van der Waals surface area contributed by atoms with Gasteiger partial charge in [-0.25, -0.2) is 9.59 Å². The first-order valence-electron chi connectivity index (χ1n) is 5.94. The summed E-state index contributed by atoms with van der Waals surface area (Å²) >= 11 is 0. The van der Waals surface area contributed by atoms with Gasteiger partial charge in [0, 0.05) is 13.1 Å². The average molecular weight is 240 g/mol. The van der Waals surface area contributed by atoms with Crippen molar-refractivity contribution in [3.8, 4) is 0 Å². The molecule has 1 atom stereocenters. The van der Waals surface area contributed by atoms with Gasteiger partial charge in [0.1, 0.15) is 6.04 Å². The van der Waals surface area contributed by atoms with Gasteiger partial charge in [-0.2, -0.15) is 0 Å². The first kappa shape index (κ1) is 13.5. The zero-order chi connectivity index (χ0) is 12.8. The Morgan fingerprint density at radius 3 is 2.71 bits per heavy atom. The number of likely N-dealkylation sites (tertiary alicyclic amines) is 1. The van der Waals surface area contributed by atoms with Crippen LogP contribution < -0.4 is 5.32 Å². The summed E-state index contributed by atoms with van der Waals surface area (Å²) in [6.45, 7) is 6.42. The maximum atomic E-state index is 11.9. The second-order valence-electron chi connectivity index (χ2n) is 4.51. The van der Waals surface area contributed by atoms with Crippen LogP contribution in [-0.4, -0.2) is 41.1 Å². The van der Waals surface area contributed by atoms with E-state index in [1.165, 1.54) is 4.90 Å². The zero-order valence-electron chi connectivity index (χ0n) is 10.2. The van der Waals surface area contributed by atoms with Crippen LogP contribution in [0.25, 0.3) is 0 Å². The molecule has 0 saturated carbocycles. The van der Waals surface area contributed by atoms with Gasteiger partial charge in [-0.1, -0.05) is 25.0 Å². The van der Waals surface area contributed by atoms with Crippen LogP contribution in [0.4, 0.5) is 4.79 Å². The Balaban J connectivity index is 2.65. The van der Waals surface area contributed by atoms with E-state index in [2.05, 4.69) is 11.9 Å². The predicted molar refractivity (Wildman–Crippen MR) is 64.8 cm³/mol. The summed E-state index contributed by atoms with van der Waals surface area (Å²) in [6.07, 6.45) is 3.25. The minimum atomic E-state index is -0.919. The number of carboxylic acid groups (broad SMARTS) is 1. The smallest absolute Gasteiger partial charge is 0.326 e. The standard InChI is InChI=1S/C12H20N2O3/c1-9(2)8-13-12(17)14-7-5-3-4-6-10(14)11(15)16/h10H,1,3-8H2,2H3,(H,13,17)(H,15,16). The summed E-state index contributed by atoms with van der Waals surface area (Å²) in [7, 11) is 0. The van der Waals surface area contributed by atoms with E-state index in [1.807, 2.05) is 6.92 Å². The quantitative estimate of drug-likeness (QED) is 0.736. The third kappa shape index (κ3) is 4.09. The third-order valence-electron chi connectivity index (χ3n) is 2.84. The van der Waals surface area contributed by atoms with E-state index in [-0.39, 0.29) is 6.03 Å². The molecule has 0 aliphatic carbocycles. The molecule has 1 aliphatic rings. The van der Waals surface area contributed by atoms with Crippen LogP contribution in [0.15, 0.2) is 12.2 Å². The van der Waals surface area contributed by atoms with Crippen molar-refractivity contribution in [2.45, 2.75) is 38.6 Å². The summed E-state index contributed by atoms with van der Waals surface area (Å²) in [5.41, 5.74) is 0.847. The lowest BCUT2D eigenvalue weighted by Gasteiger charge is -2.27. The van der Waals surface area contributed by atoms with Crippen molar-refractivity contribution in [3.05, 3.63) is 12.2 Å². The SMILES string of the molecule is C=C(C)CNC(=O)N1CCCCCC1C(=O)O. The number of nitrogens with one attached hydrogen (secondary N) is 1. The number of hydrogen-bond donors (Lipinski definition) is 2. The van der Waals surface area contributed by atoms with Crippen LogP contribution in [-0.2, 0) is 4.79 Å². The molecule has 0 bridgehead atoms. The summed E-state index contributed by atoms with van der Waals surface area (Å²) in [4.78, 5) is 24.4. The van der Waals surface area contributed by atoms with E-state index in [1.54, 1.807) is 0 Å². The van der Waals surface area contributed by atoms with Gasteiger partial charge < -0.3 is 15.3 Å². The van der Waals surface area contributed by atoms with Gasteiger partial charge in [-0.15, -0.1) is 0 Å². The molecular formula is C12H20N2O3.